The predicted octanol–water partition coefficient (Wildman–Crippen LogP) is 2.04. The Balaban J connectivity index is 2.57. The molecule has 2 rings (SSSR count). The lowest BCUT2D eigenvalue weighted by Crippen LogP contribution is -2.11. The van der Waals surface area contributed by atoms with E-state index in [9.17, 15) is 9.18 Å². The van der Waals surface area contributed by atoms with E-state index in [0.717, 1.165) is 10.5 Å². The minimum atomic E-state index is -0.230. The average molecular weight is 220 g/mol. The van der Waals surface area contributed by atoms with Gasteiger partial charge in [-0.2, -0.15) is 0 Å². The first-order chi connectivity index (χ1) is 7.13. The summed E-state index contributed by atoms with van der Waals surface area (Å²) in [5.41, 5.74) is 1.99. The smallest absolute Gasteiger partial charge is 0.198 e. The number of thioether (sulfide) groups is 1. The molecule has 76 valence electrons. The lowest BCUT2D eigenvalue weighted by molar-refractivity contribution is 0.104. The Bertz CT molecular complexity index is 468. The van der Waals surface area contributed by atoms with E-state index >= 15 is 0 Å². The molecular weight excluding hydrogens is 210 g/mol. The summed E-state index contributed by atoms with van der Waals surface area (Å²) >= 11 is 1.47. The first-order valence-electron chi connectivity index (χ1n) is 4.76. The molecule has 0 bridgehead atoms. The molecule has 0 atom stereocenters. The topological polar surface area (TPSA) is 17.1 Å². The van der Waals surface area contributed by atoms with Gasteiger partial charge in [0.25, 0.3) is 0 Å². The molecule has 0 saturated heterocycles. The SMILES string of the molecule is B/C=C1\SCc2cc(F)c(C)cc2C1=O. The standard InChI is InChI=1S/C11H10BFOS/c1-6-2-8-7(3-9(6)13)5-15-10(4-12)11(8)14/h2-4H,5,12H2,1H3/b10-4-. The lowest BCUT2D eigenvalue weighted by Gasteiger charge is -2.17. The number of aryl methyl sites for hydroxylation is 1. The molecule has 0 amide bonds. The van der Waals surface area contributed by atoms with Gasteiger partial charge in [0.1, 0.15) is 13.7 Å². The summed E-state index contributed by atoms with van der Waals surface area (Å²) in [6.45, 7) is 1.68. The van der Waals surface area contributed by atoms with Gasteiger partial charge < -0.3 is 0 Å². The van der Waals surface area contributed by atoms with Crippen molar-refractivity contribution in [2.24, 2.45) is 0 Å². The highest BCUT2D eigenvalue weighted by molar-refractivity contribution is 8.03. The van der Waals surface area contributed by atoms with Crippen LogP contribution >= 0.6 is 11.8 Å². The first-order valence-corrected chi connectivity index (χ1v) is 5.75. The van der Waals surface area contributed by atoms with E-state index in [1.165, 1.54) is 17.8 Å². The van der Waals surface area contributed by atoms with Crippen LogP contribution < -0.4 is 0 Å². The second-order valence-corrected chi connectivity index (χ2v) is 4.55. The van der Waals surface area contributed by atoms with Crippen molar-refractivity contribution in [1.29, 1.82) is 0 Å². The number of carbonyl (C=O) groups excluding carboxylic acids is 1. The number of rotatable bonds is 0. The molecule has 1 aromatic carbocycles. The number of hydrogen-bond acceptors (Lipinski definition) is 2. The molecule has 1 heterocycles. The van der Waals surface area contributed by atoms with E-state index in [-0.39, 0.29) is 11.6 Å². The van der Waals surface area contributed by atoms with E-state index in [1.54, 1.807) is 13.0 Å². The molecule has 0 N–H and O–H groups in total. The summed E-state index contributed by atoms with van der Waals surface area (Å²) in [6, 6.07) is 3.12. The molecule has 0 fully saturated rings. The fraction of sp³-hybridized carbons (Fsp3) is 0.182. The third-order valence-corrected chi connectivity index (χ3v) is 3.69. The molecule has 4 heteroatoms. The zero-order valence-electron chi connectivity index (χ0n) is 8.63. The van der Waals surface area contributed by atoms with Crippen LogP contribution in [0.15, 0.2) is 23.0 Å². The van der Waals surface area contributed by atoms with Gasteiger partial charge in [-0.3, -0.25) is 4.79 Å². The van der Waals surface area contributed by atoms with Crippen LogP contribution in [0.5, 0.6) is 0 Å². The third kappa shape index (κ3) is 1.74. The van der Waals surface area contributed by atoms with E-state index < -0.39 is 0 Å². The van der Waals surface area contributed by atoms with Crippen molar-refractivity contribution in [3.8, 4) is 0 Å². The van der Waals surface area contributed by atoms with Crippen LogP contribution in [0.2, 0.25) is 0 Å². The van der Waals surface area contributed by atoms with Gasteiger partial charge in [-0.05, 0) is 30.2 Å². The van der Waals surface area contributed by atoms with E-state index in [2.05, 4.69) is 0 Å². The molecule has 1 nitrogen and oxygen atoms in total. The van der Waals surface area contributed by atoms with Crippen molar-refractivity contribution in [3.05, 3.63) is 45.5 Å². The van der Waals surface area contributed by atoms with Crippen LogP contribution in [0.1, 0.15) is 21.5 Å². The highest BCUT2D eigenvalue weighted by Gasteiger charge is 2.22. The summed E-state index contributed by atoms with van der Waals surface area (Å²) in [5.74, 6) is 2.28. The summed E-state index contributed by atoms with van der Waals surface area (Å²) in [4.78, 5) is 12.7. The van der Waals surface area contributed by atoms with Gasteiger partial charge >= 0.3 is 0 Å². The predicted molar refractivity (Wildman–Crippen MR) is 63.4 cm³/mol. The van der Waals surface area contributed by atoms with Gasteiger partial charge in [-0.15, -0.1) is 17.7 Å². The molecule has 0 radical (unpaired) electrons. The second kappa shape index (κ2) is 3.85. The molecule has 0 saturated carbocycles. The van der Waals surface area contributed by atoms with Gasteiger partial charge in [0, 0.05) is 16.2 Å². The number of allylic oxidation sites excluding steroid dienone is 1. The van der Waals surface area contributed by atoms with Crippen LogP contribution in [0, 0.1) is 12.7 Å². The first kappa shape index (κ1) is 10.5. The van der Waals surface area contributed by atoms with Crippen molar-refractivity contribution in [1.82, 2.24) is 0 Å². The highest BCUT2D eigenvalue weighted by atomic mass is 32.2. The fourth-order valence-corrected chi connectivity index (χ4v) is 2.58. The van der Waals surface area contributed by atoms with E-state index in [0.29, 0.717) is 16.9 Å². The average Bonchev–Trinajstić information content (AvgIpc) is 2.22. The number of Topliss-reactive ketones (excluding diaryl/α,β-unsaturated/α-hetero) is 1. The van der Waals surface area contributed by atoms with Crippen LogP contribution in [-0.2, 0) is 5.75 Å². The van der Waals surface area contributed by atoms with E-state index in [1.807, 2.05) is 13.8 Å². The minimum absolute atomic E-state index is 0.0202. The van der Waals surface area contributed by atoms with Crippen molar-refractivity contribution in [2.45, 2.75) is 12.7 Å². The maximum Gasteiger partial charge on any atom is 0.198 e. The van der Waals surface area contributed by atoms with Gasteiger partial charge in [-0.25, -0.2) is 4.39 Å². The Hall–Kier alpha value is -1.03. The van der Waals surface area contributed by atoms with Gasteiger partial charge in [-0.1, -0.05) is 0 Å². The number of halogens is 1. The third-order valence-electron chi connectivity index (χ3n) is 2.50. The lowest BCUT2D eigenvalue weighted by atomic mass is 9.98. The zero-order chi connectivity index (χ0) is 11.0. The molecule has 0 aromatic heterocycles. The number of fused-ring (bicyclic) bond motifs is 1. The molecule has 15 heavy (non-hydrogen) atoms. The number of benzene rings is 1. The normalized spacial score (nSPS) is 18.0. The largest absolute Gasteiger partial charge is 0.288 e. The van der Waals surface area contributed by atoms with Gasteiger partial charge in [0.05, 0.1) is 0 Å². The zero-order valence-corrected chi connectivity index (χ0v) is 9.45. The summed E-state index contributed by atoms with van der Waals surface area (Å²) in [5, 5.41) is 0. The van der Waals surface area contributed by atoms with Crippen LogP contribution in [0.3, 0.4) is 0 Å². The van der Waals surface area contributed by atoms with Crippen LogP contribution in [0.4, 0.5) is 4.39 Å². The van der Waals surface area contributed by atoms with Gasteiger partial charge in [0.15, 0.2) is 5.78 Å². The van der Waals surface area contributed by atoms with Crippen molar-refractivity contribution < 1.29 is 9.18 Å². The van der Waals surface area contributed by atoms with E-state index in [4.69, 9.17) is 0 Å². The molecule has 1 aromatic rings. The number of hydrogen-bond donors (Lipinski definition) is 0. The Kier molecular flexibility index (Phi) is 2.69. The molecular formula is C11H10BFOS. The fourth-order valence-electron chi connectivity index (χ4n) is 1.62. The molecule has 0 spiro atoms. The summed E-state index contributed by atoms with van der Waals surface area (Å²) in [7, 11) is 1.85. The highest BCUT2D eigenvalue weighted by Crippen LogP contribution is 2.33. The maximum atomic E-state index is 13.3. The van der Waals surface area contributed by atoms with Gasteiger partial charge in [0.2, 0.25) is 0 Å². The minimum Gasteiger partial charge on any atom is -0.288 e. The van der Waals surface area contributed by atoms with Crippen LogP contribution in [0.25, 0.3) is 0 Å². The monoisotopic (exact) mass is 220 g/mol. The molecule has 0 unspecified atom stereocenters. The molecule has 1 aliphatic heterocycles. The Morgan fingerprint density at radius 2 is 2.27 bits per heavy atom. The molecule has 0 aliphatic carbocycles. The maximum absolute atomic E-state index is 13.3. The van der Waals surface area contributed by atoms with Crippen LogP contribution in [-0.4, -0.2) is 13.6 Å². The number of ketones is 1. The second-order valence-electron chi connectivity index (χ2n) is 3.53. The summed E-state index contributed by atoms with van der Waals surface area (Å²) < 4.78 is 13.3. The summed E-state index contributed by atoms with van der Waals surface area (Å²) in [6.07, 6.45) is 0. The molecule has 1 aliphatic rings. The quantitative estimate of drug-likeness (QED) is 0.491. The van der Waals surface area contributed by atoms with Crippen molar-refractivity contribution in [3.63, 3.8) is 0 Å². The number of carbonyl (C=O) groups is 1. The van der Waals surface area contributed by atoms with Crippen molar-refractivity contribution >= 4 is 25.4 Å². The Morgan fingerprint density at radius 1 is 1.53 bits per heavy atom. The van der Waals surface area contributed by atoms with Crippen molar-refractivity contribution in [2.75, 3.05) is 0 Å². The Morgan fingerprint density at radius 3 is 2.93 bits per heavy atom. The Labute approximate surface area is 93.2 Å².